The number of aromatic nitrogens is 2. The minimum atomic E-state index is -0.934. The number of thiophene rings is 1. The van der Waals surface area contributed by atoms with E-state index >= 15 is 0 Å². The van der Waals surface area contributed by atoms with Crippen LogP contribution < -0.4 is 0 Å². The highest BCUT2D eigenvalue weighted by atomic mass is 32.1. The summed E-state index contributed by atoms with van der Waals surface area (Å²) in [4.78, 5) is 16.3. The Balaban J connectivity index is 1.98. The summed E-state index contributed by atoms with van der Waals surface area (Å²) in [5.74, 6) is 0.0224. The lowest BCUT2D eigenvalue weighted by molar-refractivity contribution is -0.131. The van der Waals surface area contributed by atoms with Gasteiger partial charge in [-0.25, -0.2) is 9.78 Å². The van der Waals surface area contributed by atoms with Crippen molar-refractivity contribution in [1.29, 1.82) is 0 Å². The van der Waals surface area contributed by atoms with Crippen molar-refractivity contribution in [2.75, 3.05) is 0 Å². The molecular formula is C16H14N2O2S. The molecule has 0 aliphatic rings. The van der Waals surface area contributed by atoms with E-state index in [4.69, 9.17) is 5.11 Å². The van der Waals surface area contributed by atoms with Crippen molar-refractivity contribution in [3.63, 3.8) is 0 Å². The Labute approximate surface area is 126 Å². The second kappa shape index (κ2) is 5.54. The number of carboxylic acids is 1. The first-order valence-electron chi connectivity index (χ1n) is 6.54. The van der Waals surface area contributed by atoms with Crippen LogP contribution in [0.2, 0.25) is 0 Å². The number of nitrogens with zero attached hydrogens (tertiary/aromatic N) is 2. The second-order valence-corrected chi connectivity index (χ2v) is 5.71. The zero-order valence-corrected chi connectivity index (χ0v) is 12.3. The summed E-state index contributed by atoms with van der Waals surface area (Å²) in [5, 5.41) is 10.7. The standard InChI is InChI=1S/C16H14N2O2S/c1-11-17-13-4-2-3-5-14(13)18(11)10-15-12(8-9-21-15)6-7-16(19)20/h2-9H,10H2,1H3,(H,19,20). The summed E-state index contributed by atoms with van der Waals surface area (Å²) in [6.45, 7) is 2.68. The van der Waals surface area contributed by atoms with Crippen LogP contribution in [0.1, 0.15) is 16.3 Å². The fourth-order valence-electron chi connectivity index (χ4n) is 2.33. The number of benzene rings is 1. The normalized spacial score (nSPS) is 11.5. The van der Waals surface area contributed by atoms with Gasteiger partial charge in [0.25, 0.3) is 0 Å². The van der Waals surface area contributed by atoms with E-state index in [1.165, 1.54) is 6.08 Å². The number of rotatable bonds is 4. The first-order valence-corrected chi connectivity index (χ1v) is 7.42. The van der Waals surface area contributed by atoms with Gasteiger partial charge in [-0.15, -0.1) is 11.3 Å². The molecule has 0 bridgehead atoms. The predicted molar refractivity (Wildman–Crippen MR) is 84.6 cm³/mol. The van der Waals surface area contributed by atoms with Crippen LogP contribution in [0.15, 0.2) is 41.8 Å². The van der Waals surface area contributed by atoms with E-state index in [0.29, 0.717) is 6.54 Å². The summed E-state index contributed by atoms with van der Waals surface area (Å²) >= 11 is 1.62. The topological polar surface area (TPSA) is 55.1 Å². The average molecular weight is 298 g/mol. The zero-order chi connectivity index (χ0) is 14.8. The SMILES string of the molecule is Cc1nc2ccccc2n1Cc1sccc1C=CC(=O)O. The van der Waals surface area contributed by atoms with E-state index in [2.05, 4.69) is 15.6 Å². The smallest absolute Gasteiger partial charge is 0.328 e. The molecule has 1 aromatic carbocycles. The number of carbonyl (C=O) groups is 1. The summed E-state index contributed by atoms with van der Waals surface area (Å²) in [6.07, 6.45) is 2.81. The number of aryl methyl sites for hydroxylation is 1. The third kappa shape index (κ3) is 2.73. The largest absolute Gasteiger partial charge is 0.478 e. The van der Waals surface area contributed by atoms with Gasteiger partial charge in [-0.3, -0.25) is 0 Å². The third-order valence-electron chi connectivity index (χ3n) is 3.33. The fourth-order valence-corrected chi connectivity index (χ4v) is 3.18. The molecule has 0 radical (unpaired) electrons. The van der Waals surface area contributed by atoms with Crippen molar-refractivity contribution in [3.05, 3.63) is 58.1 Å². The van der Waals surface area contributed by atoms with E-state index in [1.807, 2.05) is 36.6 Å². The number of aliphatic carboxylic acids is 1. The molecule has 3 rings (SSSR count). The molecule has 0 saturated carbocycles. The Morgan fingerprint density at radius 1 is 1.38 bits per heavy atom. The van der Waals surface area contributed by atoms with Crippen molar-refractivity contribution >= 4 is 34.4 Å². The number of carboxylic acid groups (broad SMARTS) is 1. The first-order chi connectivity index (χ1) is 10.1. The van der Waals surface area contributed by atoms with Crippen molar-refractivity contribution in [3.8, 4) is 0 Å². The van der Waals surface area contributed by atoms with Crippen molar-refractivity contribution in [1.82, 2.24) is 9.55 Å². The molecule has 4 nitrogen and oxygen atoms in total. The van der Waals surface area contributed by atoms with Crippen molar-refractivity contribution in [2.45, 2.75) is 13.5 Å². The van der Waals surface area contributed by atoms with Gasteiger partial charge < -0.3 is 9.67 Å². The fraction of sp³-hybridized carbons (Fsp3) is 0.125. The lowest BCUT2D eigenvalue weighted by Gasteiger charge is -2.06. The maximum Gasteiger partial charge on any atom is 0.328 e. The number of hydrogen-bond acceptors (Lipinski definition) is 3. The van der Waals surface area contributed by atoms with Gasteiger partial charge in [0.1, 0.15) is 5.82 Å². The monoisotopic (exact) mass is 298 g/mol. The van der Waals surface area contributed by atoms with Gasteiger partial charge in [-0.1, -0.05) is 12.1 Å². The van der Waals surface area contributed by atoms with Crippen molar-refractivity contribution < 1.29 is 9.90 Å². The molecular weight excluding hydrogens is 284 g/mol. The zero-order valence-electron chi connectivity index (χ0n) is 11.5. The van der Waals surface area contributed by atoms with Gasteiger partial charge in [0.2, 0.25) is 0 Å². The van der Waals surface area contributed by atoms with E-state index < -0.39 is 5.97 Å². The summed E-state index contributed by atoms with van der Waals surface area (Å²) < 4.78 is 2.15. The third-order valence-corrected chi connectivity index (χ3v) is 4.25. The Morgan fingerprint density at radius 2 is 2.19 bits per heavy atom. The van der Waals surface area contributed by atoms with Crippen LogP contribution in [0.4, 0.5) is 0 Å². The van der Waals surface area contributed by atoms with Crippen LogP contribution in [0, 0.1) is 6.92 Å². The molecule has 0 atom stereocenters. The molecule has 5 heteroatoms. The van der Waals surface area contributed by atoms with Gasteiger partial charge in [-0.2, -0.15) is 0 Å². The molecule has 3 aromatic rings. The van der Waals surface area contributed by atoms with E-state index in [9.17, 15) is 4.79 Å². The van der Waals surface area contributed by atoms with Crippen LogP contribution >= 0.6 is 11.3 Å². The van der Waals surface area contributed by atoms with Crippen LogP contribution in [-0.4, -0.2) is 20.6 Å². The summed E-state index contributed by atoms with van der Waals surface area (Å²) in [6, 6.07) is 9.97. The number of fused-ring (bicyclic) bond motifs is 1. The molecule has 0 unspecified atom stereocenters. The first kappa shape index (κ1) is 13.6. The van der Waals surface area contributed by atoms with Gasteiger partial charge in [0.15, 0.2) is 0 Å². The number of hydrogen-bond donors (Lipinski definition) is 1. The Bertz CT molecular complexity index is 830. The van der Waals surface area contributed by atoms with Crippen molar-refractivity contribution in [2.24, 2.45) is 0 Å². The van der Waals surface area contributed by atoms with Gasteiger partial charge in [-0.05, 0) is 42.1 Å². The molecule has 1 N–H and O–H groups in total. The number of imidazole rings is 1. The molecule has 0 fully saturated rings. The van der Waals surface area contributed by atoms with Crippen LogP contribution in [0.25, 0.3) is 17.1 Å². The Morgan fingerprint density at radius 3 is 3.00 bits per heavy atom. The summed E-state index contributed by atoms with van der Waals surface area (Å²) in [7, 11) is 0. The molecule has 0 amide bonds. The molecule has 106 valence electrons. The molecule has 0 spiro atoms. The quantitative estimate of drug-likeness (QED) is 0.749. The maximum absolute atomic E-state index is 10.7. The minimum Gasteiger partial charge on any atom is -0.478 e. The van der Waals surface area contributed by atoms with Gasteiger partial charge >= 0.3 is 5.97 Å². The van der Waals surface area contributed by atoms with Crippen LogP contribution in [0.5, 0.6) is 0 Å². The second-order valence-electron chi connectivity index (χ2n) is 4.70. The van der Waals surface area contributed by atoms with Crippen LogP contribution in [-0.2, 0) is 11.3 Å². The maximum atomic E-state index is 10.7. The van der Waals surface area contributed by atoms with Gasteiger partial charge in [0, 0.05) is 11.0 Å². The lowest BCUT2D eigenvalue weighted by Crippen LogP contribution is -2.01. The Kier molecular flexibility index (Phi) is 3.58. The molecule has 21 heavy (non-hydrogen) atoms. The molecule has 2 aromatic heterocycles. The van der Waals surface area contributed by atoms with E-state index in [0.717, 1.165) is 27.3 Å². The minimum absolute atomic E-state index is 0.698. The van der Waals surface area contributed by atoms with E-state index in [1.54, 1.807) is 17.4 Å². The highest BCUT2D eigenvalue weighted by Crippen LogP contribution is 2.23. The highest BCUT2D eigenvalue weighted by Gasteiger charge is 2.09. The predicted octanol–water partition coefficient (Wildman–Crippen LogP) is 3.55. The average Bonchev–Trinajstić information content (AvgIpc) is 3.02. The summed E-state index contributed by atoms with van der Waals surface area (Å²) in [5.41, 5.74) is 3.02. The van der Waals surface area contributed by atoms with E-state index in [-0.39, 0.29) is 0 Å². The molecule has 0 aliphatic heterocycles. The molecule has 0 aliphatic carbocycles. The van der Waals surface area contributed by atoms with Gasteiger partial charge in [0.05, 0.1) is 17.6 Å². The number of para-hydroxylation sites is 2. The molecule has 2 heterocycles. The lowest BCUT2D eigenvalue weighted by atomic mass is 10.2. The molecule has 0 saturated heterocycles. The Hall–Kier alpha value is -2.40. The highest BCUT2D eigenvalue weighted by molar-refractivity contribution is 7.10. The van der Waals surface area contributed by atoms with Crippen LogP contribution in [0.3, 0.4) is 0 Å².